The zero-order chi connectivity index (χ0) is 15.5. The van der Waals surface area contributed by atoms with E-state index < -0.39 is 0 Å². The Kier molecular flexibility index (Phi) is 4.43. The average Bonchev–Trinajstić information content (AvgIpc) is 3.08. The number of oxazole rings is 1. The third-order valence-electron chi connectivity index (χ3n) is 3.08. The van der Waals surface area contributed by atoms with Gasteiger partial charge in [-0.2, -0.15) is 0 Å². The second kappa shape index (κ2) is 6.10. The Morgan fingerprint density at radius 3 is 2.48 bits per heavy atom. The van der Waals surface area contributed by atoms with Crippen LogP contribution in [0.2, 0.25) is 0 Å². The van der Waals surface area contributed by atoms with Crippen LogP contribution < -0.4 is 5.32 Å². The van der Waals surface area contributed by atoms with E-state index in [2.05, 4.69) is 53.2 Å². The minimum Gasteiger partial charge on any atom is -0.443 e. The summed E-state index contributed by atoms with van der Waals surface area (Å²) in [5.74, 6) is 0. The first-order valence-corrected chi connectivity index (χ1v) is 6.93. The van der Waals surface area contributed by atoms with E-state index in [0.717, 1.165) is 22.4 Å². The lowest BCUT2D eigenvalue weighted by atomic mass is 9.85. The lowest BCUT2D eigenvalue weighted by Gasteiger charge is -2.19. The molecule has 3 rings (SSSR count). The lowest BCUT2D eigenvalue weighted by molar-refractivity contribution is 0.554. The maximum absolute atomic E-state index is 5.57. The predicted octanol–water partition coefficient (Wildman–Crippen LogP) is 3.35. The highest BCUT2D eigenvalue weighted by molar-refractivity contribution is 5.91. The van der Waals surface area contributed by atoms with E-state index in [-0.39, 0.29) is 5.41 Å². The number of rotatable bonds is 1. The van der Waals surface area contributed by atoms with Crippen molar-refractivity contribution >= 4 is 11.1 Å². The van der Waals surface area contributed by atoms with Gasteiger partial charge in [0.2, 0.25) is 0 Å². The van der Waals surface area contributed by atoms with Gasteiger partial charge < -0.3 is 14.7 Å². The van der Waals surface area contributed by atoms with Gasteiger partial charge in [0.1, 0.15) is 5.52 Å². The van der Waals surface area contributed by atoms with Crippen molar-refractivity contribution in [3.63, 3.8) is 0 Å². The molecule has 3 aromatic rings. The molecule has 1 aromatic carbocycles. The minimum absolute atomic E-state index is 0.0320. The number of aromatic amines is 1. The third-order valence-corrected chi connectivity index (χ3v) is 3.08. The van der Waals surface area contributed by atoms with Crippen molar-refractivity contribution in [2.45, 2.75) is 26.2 Å². The Morgan fingerprint density at radius 2 is 1.90 bits per heavy atom. The molecule has 0 spiro atoms. The number of aromatic nitrogens is 3. The van der Waals surface area contributed by atoms with E-state index in [4.69, 9.17) is 4.42 Å². The fraction of sp³-hybridized carbons (Fsp3) is 0.375. The zero-order valence-electron chi connectivity index (χ0n) is 13.2. The number of hydrogen-bond acceptors (Lipinski definition) is 4. The van der Waals surface area contributed by atoms with Crippen molar-refractivity contribution in [1.29, 1.82) is 0 Å². The molecule has 21 heavy (non-hydrogen) atoms. The number of H-pyrrole nitrogens is 1. The molecule has 0 aliphatic rings. The molecule has 0 radical (unpaired) electrons. The molecule has 0 aliphatic heterocycles. The number of imidazole rings is 1. The zero-order valence-corrected chi connectivity index (χ0v) is 13.2. The fourth-order valence-electron chi connectivity index (χ4n) is 2.16. The number of nitrogens with one attached hydrogen (secondary N) is 2. The van der Waals surface area contributed by atoms with Crippen LogP contribution in [0, 0.1) is 0 Å². The van der Waals surface area contributed by atoms with Crippen molar-refractivity contribution in [3.8, 4) is 11.3 Å². The molecule has 5 heteroatoms. The molecule has 0 amide bonds. The van der Waals surface area contributed by atoms with Crippen molar-refractivity contribution in [1.82, 2.24) is 20.3 Å². The molecule has 2 heterocycles. The standard InChI is InChI=1S/C14H15N3O.C2H7N/c1-14(2,3)10-5-4-9(11-6-15-7-16-11)12-13(10)18-8-17-12;1-3-2/h4-8H,1-3H3,(H,15,16);3H,1-2H3. The molecule has 0 aliphatic carbocycles. The maximum atomic E-state index is 5.57. The number of hydrogen-bond donors (Lipinski definition) is 2. The van der Waals surface area contributed by atoms with E-state index in [1.807, 2.05) is 14.1 Å². The van der Waals surface area contributed by atoms with Crippen molar-refractivity contribution in [3.05, 3.63) is 36.6 Å². The van der Waals surface area contributed by atoms with E-state index in [0.29, 0.717) is 0 Å². The highest BCUT2D eigenvalue weighted by Crippen LogP contribution is 2.34. The van der Waals surface area contributed by atoms with Gasteiger partial charge >= 0.3 is 0 Å². The number of fused-ring (bicyclic) bond motifs is 1. The molecular weight excluding hydrogens is 264 g/mol. The molecule has 112 valence electrons. The Hall–Kier alpha value is -2.14. The third kappa shape index (κ3) is 3.13. The second-order valence-corrected chi connectivity index (χ2v) is 5.91. The summed E-state index contributed by atoms with van der Waals surface area (Å²) in [7, 11) is 3.75. The van der Waals surface area contributed by atoms with Crippen LogP contribution in [0.1, 0.15) is 26.3 Å². The van der Waals surface area contributed by atoms with Crippen molar-refractivity contribution in [2.24, 2.45) is 0 Å². The molecule has 0 saturated carbocycles. The summed E-state index contributed by atoms with van der Waals surface area (Å²) < 4.78 is 5.57. The lowest BCUT2D eigenvalue weighted by Crippen LogP contribution is -2.11. The van der Waals surface area contributed by atoms with Gasteiger partial charge in [-0.05, 0) is 19.5 Å². The number of benzene rings is 1. The van der Waals surface area contributed by atoms with Crippen LogP contribution in [-0.4, -0.2) is 29.0 Å². The van der Waals surface area contributed by atoms with E-state index in [9.17, 15) is 0 Å². The van der Waals surface area contributed by atoms with Crippen LogP contribution in [-0.2, 0) is 5.41 Å². The summed E-state index contributed by atoms with van der Waals surface area (Å²) in [4.78, 5) is 11.5. The summed E-state index contributed by atoms with van der Waals surface area (Å²) >= 11 is 0. The van der Waals surface area contributed by atoms with Crippen LogP contribution in [0.25, 0.3) is 22.4 Å². The molecule has 2 N–H and O–H groups in total. The van der Waals surface area contributed by atoms with Crippen LogP contribution in [0.3, 0.4) is 0 Å². The Morgan fingerprint density at radius 1 is 1.19 bits per heavy atom. The molecule has 0 saturated heterocycles. The summed E-state index contributed by atoms with van der Waals surface area (Å²) in [6, 6.07) is 4.17. The molecular formula is C16H22N4O. The van der Waals surface area contributed by atoms with Gasteiger partial charge in [-0.25, -0.2) is 9.97 Å². The van der Waals surface area contributed by atoms with E-state index in [1.165, 1.54) is 12.0 Å². The minimum atomic E-state index is 0.0320. The van der Waals surface area contributed by atoms with Crippen LogP contribution in [0.4, 0.5) is 0 Å². The van der Waals surface area contributed by atoms with Gasteiger partial charge in [0.05, 0.1) is 18.2 Å². The second-order valence-electron chi connectivity index (χ2n) is 5.91. The topological polar surface area (TPSA) is 66.7 Å². The highest BCUT2D eigenvalue weighted by Gasteiger charge is 2.21. The largest absolute Gasteiger partial charge is 0.443 e. The fourth-order valence-corrected chi connectivity index (χ4v) is 2.16. The van der Waals surface area contributed by atoms with Gasteiger partial charge in [-0.1, -0.05) is 32.9 Å². The summed E-state index contributed by atoms with van der Waals surface area (Å²) in [6.07, 6.45) is 4.96. The normalized spacial score (nSPS) is 11.3. The smallest absolute Gasteiger partial charge is 0.182 e. The average molecular weight is 286 g/mol. The molecule has 0 unspecified atom stereocenters. The predicted molar refractivity (Wildman–Crippen MR) is 85.3 cm³/mol. The molecule has 5 nitrogen and oxygen atoms in total. The molecule has 0 fully saturated rings. The van der Waals surface area contributed by atoms with Crippen LogP contribution in [0.15, 0.2) is 35.5 Å². The van der Waals surface area contributed by atoms with Crippen molar-refractivity contribution < 1.29 is 4.42 Å². The Labute approximate surface area is 124 Å². The maximum Gasteiger partial charge on any atom is 0.182 e. The van der Waals surface area contributed by atoms with E-state index >= 15 is 0 Å². The molecule has 2 aromatic heterocycles. The van der Waals surface area contributed by atoms with Crippen LogP contribution >= 0.6 is 0 Å². The first-order valence-electron chi connectivity index (χ1n) is 6.93. The summed E-state index contributed by atoms with van der Waals surface area (Å²) in [5.41, 5.74) is 4.91. The molecule has 0 atom stereocenters. The summed E-state index contributed by atoms with van der Waals surface area (Å²) in [6.45, 7) is 6.50. The first-order chi connectivity index (χ1) is 9.99. The van der Waals surface area contributed by atoms with Crippen molar-refractivity contribution in [2.75, 3.05) is 14.1 Å². The van der Waals surface area contributed by atoms with Gasteiger partial charge in [-0.3, -0.25) is 0 Å². The Bertz CT molecular complexity index is 693. The SMILES string of the molecule is CC(C)(C)c1ccc(-c2cnc[nH]2)c2ncoc12.CNC. The Balaban J connectivity index is 0.000000497. The number of nitrogens with zero attached hydrogens (tertiary/aromatic N) is 2. The van der Waals surface area contributed by atoms with Gasteiger partial charge in [0, 0.05) is 11.1 Å². The molecule has 0 bridgehead atoms. The first kappa shape index (κ1) is 15.3. The van der Waals surface area contributed by atoms with Gasteiger partial charge in [0.25, 0.3) is 0 Å². The van der Waals surface area contributed by atoms with Gasteiger partial charge in [0.15, 0.2) is 12.0 Å². The van der Waals surface area contributed by atoms with Crippen LogP contribution in [0.5, 0.6) is 0 Å². The van der Waals surface area contributed by atoms with Gasteiger partial charge in [-0.15, -0.1) is 0 Å². The quantitative estimate of drug-likeness (QED) is 0.720. The monoisotopic (exact) mass is 286 g/mol. The summed E-state index contributed by atoms with van der Waals surface area (Å²) in [5, 5.41) is 2.75. The van der Waals surface area contributed by atoms with E-state index in [1.54, 1.807) is 12.5 Å². The highest BCUT2D eigenvalue weighted by atomic mass is 16.3.